The Morgan fingerprint density at radius 1 is 1.53 bits per heavy atom. The van der Waals surface area contributed by atoms with E-state index in [4.69, 9.17) is 9.47 Å². The van der Waals surface area contributed by atoms with E-state index in [-0.39, 0.29) is 5.82 Å². The second kappa shape index (κ2) is 5.02. The van der Waals surface area contributed by atoms with E-state index in [0.29, 0.717) is 18.9 Å². The van der Waals surface area contributed by atoms with Gasteiger partial charge in [-0.05, 0) is 24.6 Å². The molecule has 1 fully saturated rings. The first-order valence-electron chi connectivity index (χ1n) is 5.90. The predicted octanol–water partition coefficient (Wildman–Crippen LogP) is 2.06. The molecule has 0 saturated carbocycles. The molecule has 2 rings (SSSR count). The van der Waals surface area contributed by atoms with Crippen LogP contribution in [-0.4, -0.2) is 26.8 Å². The summed E-state index contributed by atoms with van der Waals surface area (Å²) in [5.41, 5.74) is 0.306. The number of methoxy groups -OCH3 is 1. The third-order valence-corrected chi connectivity index (χ3v) is 3.29. The monoisotopic (exact) mass is 239 g/mol. The number of hydrogen-bond acceptors (Lipinski definition) is 3. The smallest absolute Gasteiger partial charge is 0.125 e. The van der Waals surface area contributed by atoms with Crippen molar-refractivity contribution in [3.05, 3.63) is 29.6 Å². The van der Waals surface area contributed by atoms with E-state index < -0.39 is 5.60 Å². The van der Waals surface area contributed by atoms with Gasteiger partial charge in [-0.25, -0.2) is 4.39 Å². The molecular weight excluding hydrogens is 221 g/mol. The van der Waals surface area contributed by atoms with E-state index in [2.05, 4.69) is 5.32 Å². The van der Waals surface area contributed by atoms with E-state index in [1.807, 2.05) is 6.92 Å². The quantitative estimate of drug-likeness (QED) is 0.875. The maximum absolute atomic E-state index is 13.4. The Balaban J connectivity index is 2.44. The fraction of sp³-hybridized carbons (Fsp3) is 0.538. The minimum atomic E-state index is -0.480. The molecule has 1 N–H and O–H groups in total. The van der Waals surface area contributed by atoms with Gasteiger partial charge in [0.1, 0.15) is 17.2 Å². The minimum absolute atomic E-state index is 0.261. The normalized spacial score (nSPS) is 24.6. The van der Waals surface area contributed by atoms with Crippen molar-refractivity contribution >= 4 is 0 Å². The van der Waals surface area contributed by atoms with Crippen molar-refractivity contribution in [1.29, 1.82) is 0 Å². The number of ether oxygens (including phenoxy) is 2. The zero-order valence-electron chi connectivity index (χ0n) is 10.3. The van der Waals surface area contributed by atoms with Crippen LogP contribution in [0.1, 0.15) is 18.9 Å². The molecule has 0 radical (unpaired) electrons. The minimum Gasteiger partial charge on any atom is -0.496 e. The molecule has 1 unspecified atom stereocenters. The van der Waals surface area contributed by atoms with Crippen molar-refractivity contribution in [2.45, 2.75) is 18.9 Å². The molecule has 0 bridgehead atoms. The van der Waals surface area contributed by atoms with Crippen LogP contribution in [0.2, 0.25) is 0 Å². The lowest BCUT2D eigenvalue weighted by molar-refractivity contribution is -0.0750. The number of benzene rings is 1. The van der Waals surface area contributed by atoms with Crippen LogP contribution in [0.15, 0.2) is 18.2 Å². The summed E-state index contributed by atoms with van der Waals surface area (Å²) in [4.78, 5) is 0. The number of morpholine rings is 1. The molecular formula is C13H18FNO2. The van der Waals surface area contributed by atoms with Gasteiger partial charge in [-0.2, -0.15) is 0 Å². The van der Waals surface area contributed by atoms with Gasteiger partial charge >= 0.3 is 0 Å². The lowest BCUT2D eigenvalue weighted by atomic mass is 9.89. The van der Waals surface area contributed by atoms with Gasteiger partial charge in [0, 0.05) is 18.7 Å². The molecule has 1 saturated heterocycles. The van der Waals surface area contributed by atoms with Crippen LogP contribution in [0.4, 0.5) is 4.39 Å². The zero-order chi connectivity index (χ0) is 12.3. The van der Waals surface area contributed by atoms with Gasteiger partial charge in [0.15, 0.2) is 0 Å². The van der Waals surface area contributed by atoms with Crippen LogP contribution in [0.3, 0.4) is 0 Å². The summed E-state index contributed by atoms with van der Waals surface area (Å²) < 4.78 is 24.6. The van der Waals surface area contributed by atoms with Crippen molar-refractivity contribution in [1.82, 2.24) is 5.32 Å². The summed E-state index contributed by atoms with van der Waals surface area (Å²) in [6.07, 6.45) is 0.778. The average Bonchev–Trinajstić information content (AvgIpc) is 2.39. The summed E-state index contributed by atoms with van der Waals surface area (Å²) >= 11 is 0. The van der Waals surface area contributed by atoms with Crippen molar-refractivity contribution < 1.29 is 13.9 Å². The van der Waals surface area contributed by atoms with Crippen LogP contribution in [0, 0.1) is 5.82 Å². The van der Waals surface area contributed by atoms with Crippen molar-refractivity contribution in [2.24, 2.45) is 0 Å². The molecule has 3 nitrogen and oxygen atoms in total. The van der Waals surface area contributed by atoms with Gasteiger partial charge in [0.05, 0.1) is 13.7 Å². The third-order valence-electron chi connectivity index (χ3n) is 3.29. The van der Waals surface area contributed by atoms with Gasteiger partial charge in [-0.3, -0.25) is 0 Å². The number of rotatable bonds is 3. The number of nitrogens with one attached hydrogen (secondary N) is 1. The second-order valence-corrected chi connectivity index (χ2v) is 4.22. The molecule has 1 heterocycles. The van der Waals surface area contributed by atoms with Crippen molar-refractivity contribution in [3.63, 3.8) is 0 Å². The largest absolute Gasteiger partial charge is 0.496 e. The molecule has 1 aliphatic rings. The Morgan fingerprint density at radius 3 is 2.94 bits per heavy atom. The molecule has 0 aromatic heterocycles. The molecule has 4 heteroatoms. The number of hydrogen-bond donors (Lipinski definition) is 1. The van der Waals surface area contributed by atoms with Gasteiger partial charge in [0.25, 0.3) is 0 Å². The second-order valence-electron chi connectivity index (χ2n) is 4.22. The molecule has 1 aromatic rings. The summed E-state index contributed by atoms with van der Waals surface area (Å²) in [6.45, 7) is 4.19. The fourth-order valence-corrected chi connectivity index (χ4v) is 2.29. The van der Waals surface area contributed by atoms with Gasteiger partial charge < -0.3 is 14.8 Å². The molecule has 0 spiro atoms. The molecule has 0 aliphatic carbocycles. The van der Waals surface area contributed by atoms with E-state index in [0.717, 1.165) is 18.5 Å². The fourth-order valence-electron chi connectivity index (χ4n) is 2.29. The van der Waals surface area contributed by atoms with Crippen LogP contribution >= 0.6 is 0 Å². The molecule has 0 amide bonds. The van der Waals surface area contributed by atoms with E-state index in [1.165, 1.54) is 12.1 Å². The average molecular weight is 239 g/mol. The van der Waals surface area contributed by atoms with Crippen LogP contribution < -0.4 is 10.1 Å². The lowest BCUT2D eigenvalue weighted by Gasteiger charge is -2.38. The summed E-state index contributed by atoms with van der Waals surface area (Å²) in [7, 11) is 1.59. The van der Waals surface area contributed by atoms with Crippen molar-refractivity contribution in [2.75, 3.05) is 26.8 Å². The first-order chi connectivity index (χ1) is 8.22. The maximum atomic E-state index is 13.4. The Morgan fingerprint density at radius 2 is 2.35 bits per heavy atom. The van der Waals surface area contributed by atoms with Crippen LogP contribution in [0.5, 0.6) is 5.75 Å². The first-order valence-corrected chi connectivity index (χ1v) is 5.90. The molecule has 94 valence electrons. The van der Waals surface area contributed by atoms with Gasteiger partial charge in [0.2, 0.25) is 0 Å². The maximum Gasteiger partial charge on any atom is 0.125 e. The number of halogens is 1. The highest BCUT2D eigenvalue weighted by atomic mass is 19.1. The molecule has 1 aliphatic heterocycles. The van der Waals surface area contributed by atoms with E-state index in [9.17, 15) is 4.39 Å². The molecule has 1 aromatic carbocycles. The summed E-state index contributed by atoms with van der Waals surface area (Å²) in [5, 5.41) is 3.29. The third kappa shape index (κ3) is 2.28. The van der Waals surface area contributed by atoms with Crippen LogP contribution in [-0.2, 0) is 10.3 Å². The zero-order valence-corrected chi connectivity index (χ0v) is 10.3. The molecule has 17 heavy (non-hydrogen) atoms. The lowest BCUT2D eigenvalue weighted by Crippen LogP contribution is -2.47. The Hall–Kier alpha value is -1.13. The Kier molecular flexibility index (Phi) is 3.64. The predicted molar refractivity (Wildman–Crippen MR) is 63.7 cm³/mol. The first kappa shape index (κ1) is 12.3. The highest BCUT2D eigenvalue weighted by molar-refractivity contribution is 5.39. The Labute approximate surface area is 101 Å². The van der Waals surface area contributed by atoms with E-state index >= 15 is 0 Å². The highest BCUT2D eigenvalue weighted by Gasteiger charge is 2.36. The summed E-state index contributed by atoms with van der Waals surface area (Å²) in [6, 6.07) is 4.57. The van der Waals surface area contributed by atoms with Gasteiger partial charge in [-0.1, -0.05) is 6.92 Å². The van der Waals surface area contributed by atoms with Crippen molar-refractivity contribution in [3.8, 4) is 5.75 Å². The Bertz CT molecular complexity index is 389. The molecule has 1 atom stereocenters. The SMILES string of the molecule is CCC1(c2cc(F)ccc2OC)CNCCO1. The topological polar surface area (TPSA) is 30.5 Å². The standard InChI is InChI=1S/C13H18FNO2/c1-3-13(9-15-6-7-17-13)11-8-10(14)4-5-12(11)16-2/h4-5,8,15H,3,6-7,9H2,1-2H3. The summed E-state index contributed by atoms with van der Waals surface area (Å²) in [5.74, 6) is 0.416. The van der Waals surface area contributed by atoms with Gasteiger partial charge in [-0.15, -0.1) is 0 Å². The highest BCUT2D eigenvalue weighted by Crippen LogP contribution is 2.37. The van der Waals surface area contributed by atoms with Crippen LogP contribution in [0.25, 0.3) is 0 Å². The van der Waals surface area contributed by atoms with E-state index in [1.54, 1.807) is 13.2 Å².